The van der Waals surface area contributed by atoms with Gasteiger partial charge in [-0.15, -0.1) is 17.9 Å². The number of thiophene rings is 1. The van der Waals surface area contributed by atoms with E-state index < -0.39 is 0 Å². The fraction of sp³-hybridized carbons (Fsp3) is 0.647. The predicted octanol–water partition coefficient (Wildman–Crippen LogP) is 5.02. The number of allylic oxidation sites excluding steroid dienone is 1. The van der Waals surface area contributed by atoms with Gasteiger partial charge in [-0.25, -0.2) is 0 Å². The molecular weight excluding hydrogens is 250 g/mol. The lowest BCUT2D eigenvalue weighted by atomic mass is 9.98. The van der Waals surface area contributed by atoms with Crippen molar-refractivity contribution in [3.8, 4) is 0 Å². The quantitative estimate of drug-likeness (QED) is 0.519. The minimum Gasteiger partial charge on any atom is -0.312 e. The van der Waals surface area contributed by atoms with Crippen LogP contribution in [-0.4, -0.2) is 7.05 Å². The summed E-state index contributed by atoms with van der Waals surface area (Å²) in [4.78, 5) is 3.23. The number of hydrogen-bond donors (Lipinski definition) is 1. The highest BCUT2D eigenvalue weighted by molar-refractivity contribution is 7.12. The Hall–Kier alpha value is -0.600. The van der Waals surface area contributed by atoms with Crippen LogP contribution in [0.3, 0.4) is 0 Å². The van der Waals surface area contributed by atoms with Crippen molar-refractivity contribution in [3.63, 3.8) is 0 Å². The van der Waals surface area contributed by atoms with Crippen LogP contribution >= 0.6 is 11.3 Å². The van der Waals surface area contributed by atoms with Gasteiger partial charge in [-0.1, -0.05) is 18.9 Å². The smallest absolute Gasteiger partial charge is 0.0412 e. The van der Waals surface area contributed by atoms with Gasteiger partial charge in [0.15, 0.2) is 0 Å². The van der Waals surface area contributed by atoms with E-state index in [1.165, 1.54) is 51.4 Å². The highest BCUT2D eigenvalue weighted by Crippen LogP contribution is 2.34. The molecule has 1 aromatic heterocycles. The third-order valence-electron chi connectivity index (χ3n) is 4.11. The van der Waals surface area contributed by atoms with E-state index in [0.29, 0.717) is 6.04 Å². The summed E-state index contributed by atoms with van der Waals surface area (Å²) in [6.45, 7) is 3.78. The Labute approximate surface area is 122 Å². The van der Waals surface area contributed by atoms with Crippen LogP contribution in [0.25, 0.3) is 0 Å². The number of aryl methyl sites for hydroxylation is 2. The SMILES string of the molecule is C=CCCCCCC(NC)c1cc2c(s1)CCCC2. The number of hydrogen-bond acceptors (Lipinski definition) is 2. The molecule has 1 heterocycles. The van der Waals surface area contributed by atoms with E-state index in [0.717, 1.165) is 6.42 Å². The third-order valence-corrected chi connectivity index (χ3v) is 5.46. The van der Waals surface area contributed by atoms with Crippen LogP contribution < -0.4 is 5.32 Å². The molecule has 1 N–H and O–H groups in total. The largest absolute Gasteiger partial charge is 0.312 e. The third kappa shape index (κ3) is 4.19. The van der Waals surface area contributed by atoms with Crippen molar-refractivity contribution in [1.29, 1.82) is 0 Å². The van der Waals surface area contributed by atoms with E-state index in [-0.39, 0.29) is 0 Å². The average Bonchev–Trinajstić information content (AvgIpc) is 2.86. The second-order valence-corrected chi connectivity index (χ2v) is 6.74. The fourth-order valence-electron chi connectivity index (χ4n) is 2.93. The molecule has 0 spiro atoms. The molecule has 0 saturated heterocycles. The minimum atomic E-state index is 0.569. The molecule has 1 unspecified atom stereocenters. The van der Waals surface area contributed by atoms with E-state index in [4.69, 9.17) is 0 Å². The average molecular weight is 277 g/mol. The van der Waals surface area contributed by atoms with E-state index >= 15 is 0 Å². The van der Waals surface area contributed by atoms with Gasteiger partial charge in [-0.05, 0) is 63.6 Å². The first-order valence-corrected chi connectivity index (χ1v) is 8.56. The van der Waals surface area contributed by atoms with Crippen LogP contribution in [0.4, 0.5) is 0 Å². The molecule has 1 atom stereocenters. The van der Waals surface area contributed by atoms with Crippen LogP contribution in [-0.2, 0) is 12.8 Å². The van der Waals surface area contributed by atoms with Crippen molar-refractivity contribution in [3.05, 3.63) is 34.0 Å². The summed E-state index contributed by atoms with van der Waals surface area (Å²) in [6.07, 6.45) is 13.8. The zero-order valence-corrected chi connectivity index (χ0v) is 13.0. The molecule has 0 amide bonds. The van der Waals surface area contributed by atoms with E-state index in [1.807, 2.05) is 6.08 Å². The van der Waals surface area contributed by atoms with Crippen molar-refractivity contribution in [2.75, 3.05) is 7.05 Å². The summed E-state index contributed by atoms with van der Waals surface area (Å²) in [6, 6.07) is 3.05. The molecule has 0 radical (unpaired) electrons. The molecule has 19 heavy (non-hydrogen) atoms. The van der Waals surface area contributed by atoms with E-state index in [2.05, 4.69) is 36.3 Å². The topological polar surface area (TPSA) is 12.0 Å². The van der Waals surface area contributed by atoms with Gasteiger partial charge in [0.05, 0.1) is 0 Å². The molecule has 1 aromatic rings. The molecule has 2 rings (SSSR count). The Morgan fingerprint density at radius 2 is 2.16 bits per heavy atom. The Kier molecular flexibility index (Phi) is 6.12. The Morgan fingerprint density at radius 1 is 1.32 bits per heavy atom. The summed E-state index contributed by atoms with van der Waals surface area (Å²) in [5.74, 6) is 0. The maximum Gasteiger partial charge on any atom is 0.0412 e. The Morgan fingerprint density at radius 3 is 2.89 bits per heavy atom. The van der Waals surface area contributed by atoms with Crippen molar-refractivity contribution in [2.45, 2.75) is 63.8 Å². The molecular formula is C17H27NS. The van der Waals surface area contributed by atoms with Crippen LogP contribution in [0, 0.1) is 0 Å². The highest BCUT2D eigenvalue weighted by Gasteiger charge is 2.17. The zero-order valence-electron chi connectivity index (χ0n) is 12.2. The second-order valence-electron chi connectivity index (χ2n) is 5.57. The standard InChI is InChI=1S/C17H27NS/c1-3-4-5-6-7-11-15(18-2)17-13-14-10-8-9-12-16(14)19-17/h3,13,15,18H,1,4-12H2,2H3. The molecule has 0 aromatic carbocycles. The summed E-state index contributed by atoms with van der Waals surface area (Å²) < 4.78 is 0. The summed E-state index contributed by atoms with van der Waals surface area (Å²) >= 11 is 2.06. The van der Waals surface area contributed by atoms with Gasteiger partial charge in [0.25, 0.3) is 0 Å². The lowest BCUT2D eigenvalue weighted by molar-refractivity contribution is 0.514. The molecule has 1 aliphatic rings. The fourth-order valence-corrected chi connectivity index (χ4v) is 4.33. The molecule has 106 valence electrons. The highest BCUT2D eigenvalue weighted by atomic mass is 32.1. The van der Waals surface area contributed by atoms with E-state index in [1.54, 1.807) is 15.3 Å². The van der Waals surface area contributed by atoms with Crippen LogP contribution in [0.2, 0.25) is 0 Å². The van der Waals surface area contributed by atoms with Crippen LogP contribution in [0.15, 0.2) is 18.7 Å². The van der Waals surface area contributed by atoms with Gasteiger partial charge in [-0.3, -0.25) is 0 Å². The first-order valence-electron chi connectivity index (χ1n) is 7.74. The molecule has 0 fully saturated rings. The second kappa shape index (κ2) is 7.86. The maximum atomic E-state index is 3.78. The van der Waals surface area contributed by atoms with Crippen LogP contribution in [0.5, 0.6) is 0 Å². The van der Waals surface area contributed by atoms with Crippen molar-refractivity contribution >= 4 is 11.3 Å². The number of rotatable bonds is 8. The monoisotopic (exact) mass is 277 g/mol. The lowest BCUT2D eigenvalue weighted by Crippen LogP contribution is -2.14. The summed E-state index contributed by atoms with van der Waals surface area (Å²) in [5, 5.41) is 3.51. The van der Waals surface area contributed by atoms with Gasteiger partial charge in [0.2, 0.25) is 0 Å². The van der Waals surface area contributed by atoms with Gasteiger partial charge < -0.3 is 5.32 Å². The first-order chi connectivity index (χ1) is 9.35. The maximum absolute atomic E-state index is 3.78. The zero-order chi connectivity index (χ0) is 13.5. The van der Waals surface area contributed by atoms with E-state index in [9.17, 15) is 0 Å². The normalized spacial score (nSPS) is 16.1. The van der Waals surface area contributed by atoms with Crippen molar-refractivity contribution in [2.24, 2.45) is 0 Å². The predicted molar refractivity (Wildman–Crippen MR) is 86.0 cm³/mol. The number of unbranched alkanes of at least 4 members (excludes halogenated alkanes) is 3. The van der Waals surface area contributed by atoms with Crippen molar-refractivity contribution < 1.29 is 0 Å². The Bertz CT molecular complexity index is 370. The lowest BCUT2D eigenvalue weighted by Gasteiger charge is -2.14. The van der Waals surface area contributed by atoms with Crippen LogP contribution in [0.1, 0.15) is 66.3 Å². The summed E-state index contributed by atoms with van der Waals surface area (Å²) in [5.41, 5.74) is 1.64. The Balaban J connectivity index is 1.86. The minimum absolute atomic E-state index is 0.569. The molecule has 0 saturated carbocycles. The molecule has 0 bridgehead atoms. The van der Waals surface area contributed by atoms with Crippen molar-refractivity contribution in [1.82, 2.24) is 5.32 Å². The van der Waals surface area contributed by atoms with Gasteiger partial charge >= 0.3 is 0 Å². The number of fused-ring (bicyclic) bond motifs is 1. The van der Waals surface area contributed by atoms with Gasteiger partial charge in [0, 0.05) is 15.8 Å². The van der Waals surface area contributed by atoms with Gasteiger partial charge in [-0.2, -0.15) is 0 Å². The molecule has 1 aliphatic carbocycles. The number of nitrogens with one attached hydrogen (secondary N) is 1. The molecule has 0 aliphatic heterocycles. The molecule has 1 nitrogen and oxygen atoms in total. The molecule has 2 heteroatoms. The summed E-state index contributed by atoms with van der Waals surface area (Å²) in [7, 11) is 2.10. The first kappa shape index (κ1) is 14.8. The van der Waals surface area contributed by atoms with Gasteiger partial charge in [0.1, 0.15) is 0 Å².